The molecule has 0 fully saturated rings. The van der Waals surface area contributed by atoms with Crippen LogP contribution < -0.4 is 5.73 Å². The molecule has 6 heteroatoms. The SMILES string of the molecule is CCN(CCC(=O)N(C)CCC(N)=S)C(C)CN(C)C. The molecule has 1 amide bonds. The van der Waals surface area contributed by atoms with E-state index in [1.54, 1.807) is 11.9 Å². The third-order valence-electron chi connectivity index (χ3n) is 3.39. The van der Waals surface area contributed by atoms with Gasteiger partial charge in [0.25, 0.3) is 0 Å². The Morgan fingerprint density at radius 3 is 2.25 bits per heavy atom. The second kappa shape index (κ2) is 10.1. The van der Waals surface area contributed by atoms with E-state index in [0.717, 1.165) is 19.6 Å². The number of carbonyl (C=O) groups is 1. The minimum Gasteiger partial charge on any atom is -0.393 e. The van der Waals surface area contributed by atoms with Crippen LogP contribution in [0.15, 0.2) is 0 Å². The van der Waals surface area contributed by atoms with Gasteiger partial charge in [0.15, 0.2) is 0 Å². The van der Waals surface area contributed by atoms with Gasteiger partial charge in [-0.1, -0.05) is 19.1 Å². The van der Waals surface area contributed by atoms with Gasteiger partial charge in [0.05, 0.1) is 4.99 Å². The summed E-state index contributed by atoms with van der Waals surface area (Å²) < 4.78 is 0. The van der Waals surface area contributed by atoms with E-state index in [2.05, 4.69) is 37.7 Å². The highest BCUT2D eigenvalue weighted by Gasteiger charge is 2.15. The minimum atomic E-state index is 0.150. The molecule has 0 aromatic carbocycles. The van der Waals surface area contributed by atoms with Gasteiger partial charge in [0.2, 0.25) is 5.91 Å². The van der Waals surface area contributed by atoms with Crippen LogP contribution in [0, 0.1) is 0 Å². The van der Waals surface area contributed by atoms with E-state index in [-0.39, 0.29) is 5.91 Å². The van der Waals surface area contributed by atoms with E-state index in [1.807, 2.05) is 0 Å². The summed E-state index contributed by atoms with van der Waals surface area (Å²) >= 11 is 4.83. The number of thiocarbonyl (C=S) groups is 1. The molecule has 2 N–H and O–H groups in total. The van der Waals surface area contributed by atoms with Gasteiger partial charge in [-0.3, -0.25) is 9.69 Å². The van der Waals surface area contributed by atoms with Crippen LogP contribution in [-0.4, -0.2) is 79.0 Å². The summed E-state index contributed by atoms with van der Waals surface area (Å²) in [5.41, 5.74) is 5.45. The number of nitrogens with zero attached hydrogens (tertiary/aromatic N) is 3. The zero-order chi connectivity index (χ0) is 15.7. The zero-order valence-electron chi connectivity index (χ0n) is 13.6. The average Bonchev–Trinajstić information content (AvgIpc) is 2.35. The minimum absolute atomic E-state index is 0.150. The first-order chi connectivity index (χ1) is 9.27. The Hall–Kier alpha value is -0.720. The predicted octanol–water partition coefficient (Wildman–Crippen LogP) is 0.783. The summed E-state index contributed by atoms with van der Waals surface area (Å²) in [6.45, 7) is 7.69. The van der Waals surface area contributed by atoms with Crippen LogP contribution >= 0.6 is 12.2 Å². The Kier molecular flexibility index (Phi) is 9.71. The summed E-state index contributed by atoms with van der Waals surface area (Å²) in [5.74, 6) is 0.150. The molecule has 5 nitrogen and oxygen atoms in total. The summed E-state index contributed by atoms with van der Waals surface area (Å²) in [5, 5.41) is 0. The van der Waals surface area contributed by atoms with Crippen molar-refractivity contribution < 1.29 is 4.79 Å². The van der Waals surface area contributed by atoms with Crippen molar-refractivity contribution in [1.82, 2.24) is 14.7 Å². The van der Waals surface area contributed by atoms with Crippen molar-refractivity contribution in [3.05, 3.63) is 0 Å². The summed E-state index contributed by atoms with van der Waals surface area (Å²) in [7, 11) is 5.94. The van der Waals surface area contributed by atoms with E-state index < -0.39 is 0 Å². The van der Waals surface area contributed by atoms with Gasteiger partial charge in [-0.15, -0.1) is 0 Å². The second-order valence-corrected chi connectivity index (χ2v) is 6.05. The molecule has 0 bridgehead atoms. The fourth-order valence-corrected chi connectivity index (χ4v) is 2.26. The first kappa shape index (κ1) is 19.3. The maximum Gasteiger partial charge on any atom is 0.223 e. The van der Waals surface area contributed by atoms with Crippen LogP contribution in [-0.2, 0) is 4.79 Å². The van der Waals surface area contributed by atoms with Crippen molar-refractivity contribution in [1.29, 1.82) is 0 Å². The molecule has 1 atom stereocenters. The van der Waals surface area contributed by atoms with Crippen LogP contribution in [0.1, 0.15) is 26.7 Å². The zero-order valence-corrected chi connectivity index (χ0v) is 14.4. The molecule has 1 unspecified atom stereocenters. The molecule has 0 aromatic heterocycles. The number of carbonyl (C=O) groups excluding carboxylic acids is 1. The van der Waals surface area contributed by atoms with Crippen molar-refractivity contribution in [3.8, 4) is 0 Å². The van der Waals surface area contributed by atoms with Crippen LogP contribution in [0.3, 0.4) is 0 Å². The molecule has 0 heterocycles. The number of amides is 1. The van der Waals surface area contributed by atoms with E-state index in [4.69, 9.17) is 18.0 Å². The van der Waals surface area contributed by atoms with Gasteiger partial charge < -0.3 is 15.5 Å². The maximum atomic E-state index is 12.0. The highest BCUT2D eigenvalue weighted by molar-refractivity contribution is 7.80. The van der Waals surface area contributed by atoms with Crippen molar-refractivity contribution in [2.45, 2.75) is 32.7 Å². The monoisotopic (exact) mass is 302 g/mol. The van der Waals surface area contributed by atoms with Gasteiger partial charge in [-0.25, -0.2) is 0 Å². The summed E-state index contributed by atoms with van der Waals surface area (Å²) in [6.07, 6.45) is 1.13. The third-order valence-corrected chi connectivity index (χ3v) is 3.60. The molecule has 0 saturated heterocycles. The molecule has 118 valence electrons. The predicted molar refractivity (Wildman–Crippen MR) is 88.9 cm³/mol. The molecule has 0 aliphatic heterocycles. The van der Waals surface area contributed by atoms with Crippen LogP contribution in [0.25, 0.3) is 0 Å². The Bertz CT molecular complexity index is 310. The number of likely N-dealkylation sites (N-methyl/N-ethyl adjacent to an activating group) is 2. The fraction of sp³-hybridized carbons (Fsp3) is 0.857. The molecule has 0 radical (unpaired) electrons. The Balaban J connectivity index is 4.15. The quantitative estimate of drug-likeness (QED) is 0.605. The molecule has 0 aliphatic rings. The second-order valence-electron chi connectivity index (χ2n) is 5.52. The van der Waals surface area contributed by atoms with Gasteiger partial charge in [0.1, 0.15) is 0 Å². The average molecular weight is 302 g/mol. The molecular formula is C14H30N4OS. The molecule has 0 spiro atoms. The molecule has 0 rings (SSSR count). The first-order valence-corrected chi connectivity index (χ1v) is 7.59. The van der Waals surface area contributed by atoms with Crippen molar-refractivity contribution >= 4 is 23.1 Å². The van der Waals surface area contributed by atoms with Gasteiger partial charge >= 0.3 is 0 Å². The Labute approximate surface area is 129 Å². The Morgan fingerprint density at radius 2 is 1.80 bits per heavy atom. The van der Waals surface area contributed by atoms with Gasteiger partial charge in [-0.2, -0.15) is 0 Å². The lowest BCUT2D eigenvalue weighted by atomic mass is 10.2. The van der Waals surface area contributed by atoms with E-state index in [1.165, 1.54) is 0 Å². The smallest absolute Gasteiger partial charge is 0.223 e. The van der Waals surface area contributed by atoms with E-state index in [0.29, 0.717) is 30.4 Å². The normalized spacial score (nSPS) is 12.8. The lowest BCUT2D eigenvalue weighted by Gasteiger charge is -2.30. The Morgan fingerprint density at radius 1 is 1.20 bits per heavy atom. The summed E-state index contributed by atoms with van der Waals surface area (Å²) in [6, 6.07) is 0.449. The van der Waals surface area contributed by atoms with Gasteiger partial charge in [0, 0.05) is 45.6 Å². The molecular weight excluding hydrogens is 272 g/mol. The molecule has 0 saturated carbocycles. The lowest BCUT2D eigenvalue weighted by molar-refractivity contribution is -0.130. The first-order valence-electron chi connectivity index (χ1n) is 7.19. The van der Waals surface area contributed by atoms with Gasteiger partial charge in [-0.05, 0) is 27.6 Å². The maximum absolute atomic E-state index is 12.0. The molecule has 0 aromatic rings. The fourth-order valence-electron chi connectivity index (χ4n) is 2.17. The van der Waals surface area contributed by atoms with E-state index in [9.17, 15) is 4.79 Å². The molecule has 20 heavy (non-hydrogen) atoms. The van der Waals surface area contributed by atoms with Crippen LogP contribution in [0.5, 0.6) is 0 Å². The van der Waals surface area contributed by atoms with Crippen molar-refractivity contribution in [3.63, 3.8) is 0 Å². The van der Waals surface area contributed by atoms with E-state index >= 15 is 0 Å². The van der Waals surface area contributed by atoms with Crippen molar-refractivity contribution in [2.75, 3.05) is 47.3 Å². The number of hydrogen-bond donors (Lipinski definition) is 1. The number of hydrogen-bond acceptors (Lipinski definition) is 4. The highest BCUT2D eigenvalue weighted by atomic mass is 32.1. The van der Waals surface area contributed by atoms with Crippen LogP contribution in [0.2, 0.25) is 0 Å². The highest BCUT2D eigenvalue weighted by Crippen LogP contribution is 2.03. The summed E-state index contributed by atoms with van der Waals surface area (Å²) in [4.78, 5) is 18.7. The van der Waals surface area contributed by atoms with Crippen LogP contribution in [0.4, 0.5) is 0 Å². The van der Waals surface area contributed by atoms with Crippen molar-refractivity contribution in [2.24, 2.45) is 5.73 Å². The topological polar surface area (TPSA) is 52.8 Å². The number of nitrogens with two attached hydrogens (primary N) is 1. The molecule has 0 aliphatic carbocycles. The lowest BCUT2D eigenvalue weighted by Crippen LogP contribution is -2.42. The number of rotatable bonds is 10. The largest absolute Gasteiger partial charge is 0.393 e. The third kappa shape index (κ3) is 8.45. The standard InChI is InChI=1S/C14H30N4OS/c1-6-18(12(2)11-16(3)4)10-8-14(19)17(5)9-7-13(15)20/h12H,6-11H2,1-5H3,(H2,15,20).